The summed E-state index contributed by atoms with van der Waals surface area (Å²) in [5.74, 6) is -1.89. The van der Waals surface area contributed by atoms with E-state index in [-0.39, 0.29) is 25.0 Å². The molecule has 0 heterocycles. The number of hydrogen-bond acceptors (Lipinski definition) is 3. The Morgan fingerprint density at radius 2 is 1.73 bits per heavy atom. The topological polar surface area (TPSA) is 61.4 Å². The smallest absolute Gasteiger partial charge is 0.238 e. The zero-order valence-corrected chi connectivity index (χ0v) is 15.4. The third-order valence-corrected chi connectivity index (χ3v) is 4.87. The number of halogens is 2. The maximum absolute atomic E-state index is 13.6. The molecule has 1 saturated carbocycles. The van der Waals surface area contributed by atoms with Gasteiger partial charge in [0.25, 0.3) is 0 Å². The Balaban J connectivity index is 1.86. The van der Waals surface area contributed by atoms with E-state index in [1.807, 2.05) is 6.92 Å². The largest absolute Gasteiger partial charge is 0.352 e. The van der Waals surface area contributed by atoms with Gasteiger partial charge in [-0.15, -0.1) is 0 Å². The molecule has 0 aliphatic heterocycles. The van der Waals surface area contributed by atoms with Crippen LogP contribution in [0.1, 0.15) is 39.5 Å². The number of rotatable bonds is 7. The van der Waals surface area contributed by atoms with E-state index < -0.39 is 23.2 Å². The molecule has 26 heavy (non-hydrogen) atoms. The maximum Gasteiger partial charge on any atom is 0.238 e. The molecule has 1 aromatic rings. The molecule has 1 aromatic carbocycles. The van der Waals surface area contributed by atoms with Crippen molar-refractivity contribution in [3.05, 3.63) is 29.8 Å². The number of nitrogens with one attached hydrogen (secondary N) is 2. The van der Waals surface area contributed by atoms with Gasteiger partial charge in [-0.1, -0.05) is 32.8 Å². The van der Waals surface area contributed by atoms with Crippen LogP contribution < -0.4 is 10.6 Å². The maximum atomic E-state index is 13.6. The molecule has 0 radical (unpaired) electrons. The Bertz CT molecular complexity index is 619. The molecule has 2 N–H and O–H groups in total. The van der Waals surface area contributed by atoms with Gasteiger partial charge in [0.15, 0.2) is 0 Å². The highest BCUT2D eigenvalue weighted by molar-refractivity contribution is 5.92. The number of carbonyl (C=O) groups excluding carboxylic acids is 2. The molecule has 144 valence electrons. The summed E-state index contributed by atoms with van der Waals surface area (Å²) < 4.78 is 27.2. The van der Waals surface area contributed by atoms with Gasteiger partial charge in [0.05, 0.1) is 13.1 Å². The highest BCUT2D eigenvalue weighted by Gasteiger charge is 2.24. The minimum atomic E-state index is -0.828. The second-order valence-corrected chi connectivity index (χ2v) is 6.88. The minimum absolute atomic E-state index is 0.0763. The summed E-state index contributed by atoms with van der Waals surface area (Å²) in [6.45, 7) is 4.40. The number of benzene rings is 1. The van der Waals surface area contributed by atoms with Crippen LogP contribution in [0.2, 0.25) is 0 Å². The number of para-hydroxylation sites is 1. The van der Waals surface area contributed by atoms with E-state index in [9.17, 15) is 18.4 Å². The van der Waals surface area contributed by atoms with E-state index in [1.165, 1.54) is 12.5 Å². The lowest BCUT2D eigenvalue weighted by molar-refractivity contribution is -0.124. The Morgan fingerprint density at radius 3 is 2.35 bits per heavy atom. The summed E-state index contributed by atoms with van der Waals surface area (Å²) in [5, 5.41) is 5.28. The van der Waals surface area contributed by atoms with Gasteiger partial charge in [-0.2, -0.15) is 0 Å². The lowest BCUT2D eigenvalue weighted by atomic mass is 9.86. The highest BCUT2D eigenvalue weighted by Crippen LogP contribution is 2.23. The molecule has 0 bridgehead atoms. The molecule has 0 saturated heterocycles. The summed E-state index contributed by atoms with van der Waals surface area (Å²) in [4.78, 5) is 26.0. The third-order valence-electron chi connectivity index (χ3n) is 4.87. The molecule has 0 aromatic heterocycles. The lowest BCUT2D eigenvalue weighted by Crippen LogP contribution is -2.47. The molecule has 7 heteroatoms. The first-order chi connectivity index (χ1) is 12.4. The van der Waals surface area contributed by atoms with Crippen molar-refractivity contribution < 1.29 is 18.4 Å². The van der Waals surface area contributed by atoms with Crippen molar-refractivity contribution in [2.45, 2.75) is 45.6 Å². The van der Waals surface area contributed by atoms with E-state index in [0.29, 0.717) is 12.5 Å². The van der Waals surface area contributed by atoms with Crippen LogP contribution in [-0.2, 0) is 9.59 Å². The fourth-order valence-electron chi connectivity index (χ4n) is 3.26. The average Bonchev–Trinajstić information content (AvgIpc) is 2.59. The van der Waals surface area contributed by atoms with Gasteiger partial charge in [-0.3, -0.25) is 14.5 Å². The standard InChI is InChI=1S/C19H27F2N3O2/c1-3-24(11-17(25)22-16-10-5-4-7-13(16)2)12-18(26)23-19-14(20)8-6-9-15(19)21/h6,8-9,13,16H,3-5,7,10-12H2,1-2H3,(H,22,25)(H,23,26)/t13-,16+/m0/s1. The van der Waals surface area contributed by atoms with E-state index in [0.717, 1.165) is 31.4 Å². The fraction of sp³-hybridized carbons (Fsp3) is 0.579. The third kappa shape index (κ3) is 5.76. The van der Waals surface area contributed by atoms with Crippen molar-refractivity contribution in [2.24, 2.45) is 5.92 Å². The van der Waals surface area contributed by atoms with Crippen LogP contribution in [0.4, 0.5) is 14.5 Å². The molecular weight excluding hydrogens is 340 g/mol. The van der Waals surface area contributed by atoms with Crippen LogP contribution >= 0.6 is 0 Å². The van der Waals surface area contributed by atoms with E-state index in [4.69, 9.17) is 0 Å². The van der Waals surface area contributed by atoms with Crippen molar-refractivity contribution in [1.29, 1.82) is 0 Å². The summed E-state index contributed by atoms with van der Waals surface area (Å²) in [5.41, 5.74) is -0.464. The zero-order chi connectivity index (χ0) is 19.1. The van der Waals surface area contributed by atoms with Crippen molar-refractivity contribution in [3.63, 3.8) is 0 Å². The Hall–Kier alpha value is -2.02. The van der Waals surface area contributed by atoms with Crippen molar-refractivity contribution in [3.8, 4) is 0 Å². The van der Waals surface area contributed by atoms with Crippen molar-refractivity contribution >= 4 is 17.5 Å². The number of likely N-dealkylation sites (N-methyl/N-ethyl adjacent to an activating group) is 1. The summed E-state index contributed by atoms with van der Waals surface area (Å²) in [7, 11) is 0. The summed E-state index contributed by atoms with van der Waals surface area (Å²) in [6.07, 6.45) is 4.40. The average molecular weight is 367 g/mol. The van der Waals surface area contributed by atoms with Gasteiger partial charge in [0.2, 0.25) is 11.8 Å². The summed E-state index contributed by atoms with van der Waals surface area (Å²) >= 11 is 0. The Morgan fingerprint density at radius 1 is 1.12 bits per heavy atom. The quantitative estimate of drug-likeness (QED) is 0.779. The van der Waals surface area contributed by atoms with Crippen LogP contribution in [0.5, 0.6) is 0 Å². The molecule has 5 nitrogen and oxygen atoms in total. The number of nitrogens with zero attached hydrogens (tertiary/aromatic N) is 1. The second-order valence-electron chi connectivity index (χ2n) is 6.88. The first kappa shape index (κ1) is 20.3. The van der Waals surface area contributed by atoms with Gasteiger partial charge in [-0.25, -0.2) is 8.78 Å². The molecule has 2 amide bonds. The van der Waals surface area contributed by atoms with Gasteiger partial charge >= 0.3 is 0 Å². The van der Waals surface area contributed by atoms with Crippen molar-refractivity contribution in [2.75, 3.05) is 25.0 Å². The predicted octanol–water partition coefficient (Wildman–Crippen LogP) is 2.92. The monoisotopic (exact) mass is 367 g/mol. The SMILES string of the molecule is CCN(CC(=O)Nc1c(F)cccc1F)CC(=O)N[C@@H]1CCCC[C@@H]1C. The van der Waals surface area contributed by atoms with E-state index >= 15 is 0 Å². The normalized spacial score (nSPS) is 20.0. The molecule has 1 fully saturated rings. The second kappa shape index (κ2) is 9.62. The van der Waals surface area contributed by atoms with Gasteiger partial charge < -0.3 is 10.6 Å². The first-order valence-corrected chi connectivity index (χ1v) is 9.16. The van der Waals surface area contributed by atoms with Crippen molar-refractivity contribution in [1.82, 2.24) is 10.2 Å². The predicted molar refractivity (Wildman–Crippen MR) is 96.7 cm³/mol. The molecule has 2 atom stereocenters. The van der Waals surface area contributed by atoms with Crippen LogP contribution in [0, 0.1) is 17.6 Å². The minimum Gasteiger partial charge on any atom is -0.352 e. The van der Waals surface area contributed by atoms with Crippen LogP contribution in [-0.4, -0.2) is 42.4 Å². The molecule has 0 spiro atoms. The Kier molecular flexibility index (Phi) is 7.50. The number of anilines is 1. The molecule has 0 unspecified atom stereocenters. The first-order valence-electron chi connectivity index (χ1n) is 9.16. The van der Waals surface area contributed by atoms with E-state index in [1.54, 1.807) is 4.90 Å². The van der Waals surface area contributed by atoms with Crippen LogP contribution in [0.3, 0.4) is 0 Å². The zero-order valence-electron chi connectivity index (χ0n) is 15.4. The lowest BCUT2D eigenvalue weighted by Gasteiger charge is -2.30. The Labute approximate surface area is 153 Å². The molecule has 1 aliphatic carbocycles. The molecular formula is C19H27F2N3O2. The van der Waals surface area contributed by atoms with Crippen LogP contribution in [0.25, 0.3) is 0 Å². The van der Waals surface area contributed by atoms with Gasteiger partial charge in [0.1, 0.15) is 17.3 Å². The highest BCUT2D eigenvalue weighted by atomic mass is 19.1. The molecule has 2 rings (SSSR count). The van der Waals surface area contributed by atoms with Gasteiger partial charge in [-0.05, 0) is 37.4 Å². The van der Waals surface area contributed by atoms with Crippen LogP contribution in [0.15, 0.2) is 18.2 Å². The van der Waals surface area contributed by atoms with E-state index in [2.05, 4.69) is 17.6 Å². The van der Waals surface area contributed by atoms with Gasteiger partial charge in [0, 0.05) is 6.04 Å². The summed E-state index contributed by atoms with van der Waals surface area (Å²) in [6, 6.07) is 3.57. The molecule has 1 aliphatic rings. The fourth-order valence-corrected chi connectivity index (χ4v) is 3.26. The number of amides is 2. The number of hydrogen-bond donors (Lipinski definition) is 2. The number of carbonyl (C=O) groups is 2.